The van der Waals surface area contributed by atoms with Crippen molar-refractivity contribution >= 4 is 11.3 Å². The number of ether oxygens (including phenoxy) is 1. The number of nitrogens with zero attached hydrogens (tertiary/aromatic N) is 1. The molecule has 16 heavy (non-hydrogen) atoms. The highest BCUT2D eigenvalue weighted by molar-refractivity contribution is 7.09. The van der Waals surface area contributed by atoms with Crippen molar-refractivity contribution < 1.29 is 4.74 Å². The molecule has 1 heterocycles. The van der Waals surface area contributed by atoms with Crippen molar-refractivity contribution in [3.8, 4) is 0 Å². The van der Waals surface area contributed by atoms with E-state index in [2.05, 4.69) is 5.38 Å². The number of hydrogen-bond acceptors (Lipinski definition) is 4. The van der Waals surface area contributed by atoms with E-state index in [1.54, 1.807) is 18.4 Å². The zero-order chi connectivity index (χ0) is 11.8. The van der Waals surface area contributed by atoms with Crippen LogP contribution >= 0.6 is 11.3 Å². The van der Waals surface area contributed by atoms with Crippen molar-refractivity contribution in [3.63, 3.8) is 0 Å². The summed E-state index contributed by atoms with van der Waals surface area (Å²) in [6.45, 7) is 4.81. The SMILES string of the molecule is COC(C)(C)c1nc(C2(CN)CCC2)cs1. The van der Waals surface area contributed by atoms with Crippen LogP contribution in [-0.4, -0.2) is 18.6 Å². The van der Waals surface area contributed by atoms with Crippen LogP contribution in [0.25, 0.3) is 0 Å². The van der Waals surface area contributed by atoms with Crippen LogP contribution in [0.15, 0.2) is 5.38 Å². The summed E-state index contributed by atoms with van der Waals surface area (Å²) in [6, 6.07) is 0. The quantitative estimate of drug-likeness (QED) is 0.879. The first-order chi connectivity index (χ1) is 7.54. The van der Waals surface area contributed by atoms with E-state index >= 15 is 0 Å². The predicted molar refractivity (Wildman–Crippen MR) is 66.7 cm³/mol. The van der Waals surface area contributed by atoms with Gasteiger partial charge in [-0.25, -0.2) is 4.98 Å². The molecule has 0 saturated heterocycles. The zero-order valence-electron chi connectivity index (χ0n) is 10.2. The van der Waals surface area contributed by atoms with E-state index < -0.39 is 0 Å². The van der Waals surface area contributed by atoms with Gasteiger partial charge in [0.15, 0.2) is 0 Å². The molecule has 1 saturated carbocycles. The summed E-state index contributed by atoms with van der Waals surface area (Å²) in [5.74, 6) is 0. The van der Waals surface area contributed by atoms with E-state index in [1.165, 1.54) is 25.0 Å². The maximum absolute atomic E-state index is 5.89. The van der Waals surface area contributed by atoms with Crippen LogP contribution in [0.2, 0.25) is 0 Å². The normalized spacial score (nSPS) is 19.5. The number of aromatic nitrogens is 1. The van der Waals surface area contributed by atoms with Gasteiger partial charge in [0.05, 0.1) is 5.69 Å². The van der Waals surface area contributed by atoms with E-state index in [-0.39, 0.29) is 11.0 Å². The van der Waals surface area contributed by atoms with Crippen LogP contribution in [0.5, 0.6) is 0 Å². The Morgan fingerprint density at radius 1 is 1.56 bits per heavy atom. The van der Waals surface area contributed by atoms with Gasteiger partial charge in [-0.1, -0.05) is 6.42 Å². The lowest BCUT2D eigenvalue weighted by atomic mass is 9.67. The molecule has 1 aromatic heterocycles. The third-order valence-electron chi connectivity index (χ3n) is 3.77. The Labute approximate surface area is 101 Å². The highest BCUT2D eigenvalue weighted by atomic mass is 32.1. The Morgan fingerprint density at radius 2 is 2.25 bits per heavy atom. The van der Waals surface area contributed by atoms with Crippen LogP contribution in [0.1, 0.15) is 43.8 Å². The van der Waals surface area contributed by atoms with Crippen molar-refractivity contribution in [3.05, 3.63) is 16.1 Å². The van der Waals surface area contributed by atoms with E-state index in [0.717, 1.165) is 5.01 Å². The van der Waals surface area contributed by atoms with Crippen LogP contribution < -0.4 is 5.73 Å². The maximum Gasteiger partial charge on any atom is 0.124 e. The van der Waals surface area contributed by atoms with Gasteiger partial charge < -0.3 is 10.5 Å². The fraction of sp³-hybridized carbons (Fsp3) is 0.750. The molecule has 0 amide bonds. The summed E-state index contributed by atoms with van der Waals surface area (Å²) < 4.78 is 5.45. The van der Waals surface area contributed by atoms with Gasteiger partial charge in [0, 0.05) is 24.4 Å². The van der Waals surface area contributed by atoms with Crippen molar-refractivity contribution in [2.45, 2.75) is 44.1 Å². The molecular formula is C12H20N2OS. The molecule has 4 heteroatoms. The van der Waals surface area contributed by atoms with Gasteiger partial charge in [-0.2, -0.15) is 0 Å². The number of rotatable bonds is 4. The molecule has 2 rings (SSSR count). The summed E-state index contributed by atoms with van der Waals surface area (Å²) >= 11 is 1.68. The van der Waals surface area contributed by atoms with Crippen molar-refractivity contribution in [1.29, 1.82) is 0 Å². The first-order valence-electron chi connectivity index (χ1n) is 5.76. The Kier molecular flexibility index (Phi) is 3.07. The van der Waals surface area contributed by atoms with Gasteiger partial charge in [0.1, 0.15) is 10.6 Å². The molecule has 0 aromatic carbocycles. The Hall–Kier alpha value is -0.450. The number of methoxy groups -OCH3 is 1. The highest BCUT2D eigenvalue weighted by Gasteiger charge is 2.40. The molecule has 0 spiro atoms. The maximum atomic E-state index is 5.89. The van der Waals surface area contributed by atoms with Gasteiger partial charge in [0.2, 0.25) is 0 Å². The molecule has 3 nitrogen and oxygen atoms in total. The zero-order valence-corrected chi connectivity index (χ0v) is 11.1. The molecule has 90 valence electrons. The third-order valence-corrected chi connectivity index (χ3v) is 4.92. The molecule has 2 N–H and O–H groups in total. The number of thiazole rings is 1. The third kappa shape index (κ3) is 1.79. The van der Waals surface area contributed by atoms with E-state index in [0.29, 0.717) is 6.54 Å². The lowest BCUT2D eigenvalue weighted by Gasteiger charge is -2.39. The summed E-state index contributed by atoms with van der Waals surface area (Å²) in [6.07, 6.45) is 3.64. The summed E-state index contributed by atoms with van der Waals surface area (Å²) in [5, 5.41) is 3.20. The molecule has 1 aromatic rings. The fourth-order valence-electron chi connectivity index (χ4n) is 2.05. The van der Waals surface area contributed by atoms with E-state index in [9.17, 15) is 0 Å². The van der Waals surface area contributed by atoms with Crippen LogP contribution in [-0.2, 0) is 15.8 Å². The standard InChI is InChI=1S/C12H20N2OS/c1-11(2,15-3)10-14-9(7-16-10)12(8-13)5-4-6-12/h7H,4-6,8,13H2,1-3H3. The molecule has 0 radical (unpaired) electrons. The van der Waals surface area contributed by atoms with Crippen LogP contribution in [0.4, 0.5) is 0 Å². The lowest BCUT2D eigenvalue weighted by molar-refractivity contribution is 0.0186. The average molecular weight is 240 g/mol. The molecule has 0 aliphatic heterocycles. The minimum Gasteiger partial charge on any atom is -0.372 e. The molecular weight excluding hydrogens is 220 g/mol. The van der Waals surface area contributed by atoms with Crippen molar-refractivity contribution in [1.82, 2.24) is 4.98 Å². The topological polar surface area (TPSA) is 48.1 Å². The number of nitrogens with two attached hydrogens (primary N) is 1. The van der Waals surface area contributed by atoms with Crippen LogP contribution in [0.3, 0.4) is 0 Å². The highest BCUT2D eigenvalue weighted by Crippen LogP contribution is 2.43. The molecule has 0 unspecified atom stereocenters. The number of hydrogen-bond donors (Lipinski definition) is 1. The second-order valence-corrected chi connectivity index (χ2v) is 5.95. The molecule has 1 aliphatic rings. The Balaban J connectivity index is 2.26. The lowest BCUT2D eigenvalue weighted by Crippen LogP contribution is -2.42. The van der Waals surface area contributed by atoms with Gasteiger partial charge in [0.25, 0.3) is 0 Å². The van der Waals surface area contributed by atoms with Gasteiger partial charge in [-0.15, -0.1) is 11.3 Å². The van der Waals surface area contributed by atoms with Crippen LogP contribution in [0, 0.1) is 0 Å². The second-order valence-electron chi connectivity index (χ2n) is 5.09. The van der Waals surface area contributed by atoms with Crippen molar-refractivity contribution in [2.24, 2.45) is 5.73 Å². The molecule has 0 bridgehead atoms. The van der Waals surface area contributed by atoms with Gasteiger partial charge in [-0.3, -0.25) is 0 Å². The van der Waals surface area contributed by atoms with Gasteiger partial charge >= 0.3 is 0 Å². The predicted octanol–water partition coefficient (Wildman–Crippen LogP) is 2.41. The summed E-state index contributed by atoms with van der Waals surface area (Å²) in [4.78, 5) is 4.73. The van der Waals surface area contributed by atoms with Crippen molar-refractivity contribution in [2.75, 3.05) is 13.7 Å². The largest absolute Gasteiger partial charge is 0.372 e. The molecule has 1 fully saturated rings. The smallest absolute Gasteiger partial charge is 0.124 e. The minimum absolute atomic E-state index is 0.165. The molecule has 0 atom stereocenters. The fourth-order valence-corrected chi connectivity index (χ4v) is 3.09. The first-order valence-corrected chi connectivity index (χ1v) is 6.64. The minimum atomic E-state index is -0.289. The molecule has 1 aliphatic carbocycles. The van der Waals surface area contributed by atoms with E-state index in [1.807, 2.05) is 13.8 Å². The van der Waals surface area contributed by atoms with Gasteiger partial charge in [-0.05, 0) is 26.7 Å². The Morgan fingerprint density at radius 3 is 2.69 bits per heavy atom. The monoisotopic (exact) mass is 240 g/mol. The summed E-state index contributed by atoms with van der Waals surface area (Å²) in [7, 11) is 1.73. The average Bonchev–Trinajstić information content (AvgIpc) is 2.67. The van der Waals surface area contributed by atoms with E-state index in [4.69, 9.17) is 15.5 Å². The Bertz CT molecular complexity index is 363. The second kappa shape index (κ2) is 4.09. The first kappa shape index (κ1) is 12.0. The summed E-state index contributed by atoms with van der Waals surface area (Å²) in [5.41, 5.74) is 6.93.